The molecule has 0 heterocycles. The highest BCUT2D eigenvalue weighted by Gasteiger charge is 2.21. The molecule has 1 fully saturated rings. The second-order valence-corrected chi connectivity index (χ2v) is 8.20. The second-order valence-electron chi connectivity index (χ2n) is 8.20. The van der Waals surface area contributed by atoms with Gasteiger partial charge in [0.15, 0.2) is 5.78 Å². The molecule has 0 bridgehead atoms. The Morgan fingerprint density at radius 2 is 1.39 bits per heavy atom. The lowest BCUT2D eigenvalue weighted by molar-refractivity contribution is -0.117. The standard InChI is InChI=1S/C26H32O2/c1-3-5-19-6-8-20(9-7-19)21-10-12-22(13-11-21)23-14-16-24(17-15-23)26(28)18-25(27)4-2/h10-17,19-20H,3-9,18H2,1-2H3. The van der Waals surface area contributed by atoms with Crippen molar-refractivity contribution in [3.8, 4) is 11.1 Å². The first-order valence-corrected chi connectivity index (χ1v) is 10.9. The van der Waals surface area contributed by atoms with Crippen molar-refractivity contribution in [2.45, 2.75) is 71.1 Å². The Kier molecular flexibility index (Phi) is 7.19. The molecule has 0 radical (unpaired) electrons. The first kappa shape index (κ1) is 20.5. The molecule has 3 rings (SSSR count). The van der Waals surface area contributed by atoms with Gasteiger partial charge in [0.05, 0.1) is 6.42 Å². The van der Waals surface area contributed by atoms with Crippen LogP contribution in [0.25, 0.3) is 11.1 Å². The lowest BCUT2D eigenvalue weighted by atomic mass is 9.77. The maximum absolute atomic E-state index is 12.1. The number of benzene rings is 2. The molecule has 0 saturated heterocycles. The summed E-state index contributed by atoms with van der Waals surface area (Å²) in [4.78, 5) is 23.6. The molecule has 2 heteroatoms. The molecule has 1 saturated carbocycles. The molecule has 1 aliphatic rings. The van der Waals surface area contributed by atoms with E-state index in [1.165, 1.54) is 49.7 Å². The lowest BCUT2D eigenvalue weighted by Crippen LogP contribution is -2.13. The number of hydrogen-bond donors (Lipinski definition) is 0. The molecule has 28 heavy (non-hydrogen) atoms. The van der Waals surface area contributed by atoms with Crippen molar-refractivity contribution in [1.82, 2.24) is 0 Å². The average Bonchev–Trinajstić information content (AvgIpc) is 2.74. The van der Waals surface area contributed by atoms with Crippen LogP contribution in [0.5, 0.6) is 0 Å². The van der Waals surface area contributed by atoms with Crippen molar-refractivity contribution in [3.05, 3.63) is 59.7 Å². The number of Topliss-reactive ketones (excluding diaryl/α,β-unsaturated/α-hetero) is 2. The van der Waals surface area contributed by atoms with Crippen molar-refractivity contribution in [2.24, 2.45) is 5.92 Å². The second kappa shape index (κ2) is 9.82. The molecule has 0 unspecified atom stereocenters. The van der Waals surface area contributed by atoms with Crippen LogP contribution < -0.4 is 0 Å². The van der Waals surface area contributed by atoms with Crippen LogP contribution in [0.4, 0.5) is 0 Å². The smallest absolute Gasteiger partial charge is 0.170 e. The fourth-order valence-corrected chi connectivity index (χ4v) is 4.40. The Labute approximate surface area is 169 Å². The Bertz CT molecular complexity index is 778. The molecule has 0 amide bonds. The Morgan fingerprint density at radius 1 is 0.821 bits per heavy atom. The van der Waals surface area contributed by atoms with Gasteiger partial charge in [-0.2, -0.15) is 0 Å². The Morgan fingerprint density at radius 3 is 1.93 bits per heavy atom. The minimum Gasteiger partial charge on any atom is -0.299 e. The molecule has 2 aromatic rings. The molecule has 0 N–H and O–H groups in total. The van der Waals surface area contributed by atoms with Crippen molar-refractivity contribution in [3.63, 3.8) is 0 Å². The van der Waals surface area contributed by atoms with Crippen LogP contribution in [-0.4, -0.2) is 11.6 Å². The largest absolute Gasteiger partial charge is 0.299 e. The van der Waals surface area contributed by atoms with Crippen molar-refractivity contribution in [1.29, 1.82) is 0 Å². The zero-order chi connectivity index (χ0) is 19.9. The number of carbonyl (C=O) groups excluding carboxylic acids is 2. The number of ketones is 2. The first-order valence-electron chi connectivity index (χ1n) is 10.9. The zero-order valence-corrected chi connectivity index (χ0v) is 17.2. The fourth-order valence-electron chi connectivity index (χ4n) is 4.40. The van der Waals surface area contributed by atoms with E-state index in [2.05, 4.69) is 31.2 Å². The van der Waals surface area contributed by atoms with Crippen LogP contribution in [0, 0.1) is 5.92 Å². The number of rotatable bonds is 8. The van der Waals surface area contributed by atoms with Crippen molar-refractivity contribution in [2.75, 3.05) is 0 Å². The highest BCUT2D eigenvalue weighted by Crippen LogP contribution is 2.38. The molecule has 0 aliphatic heterocycles. The topological polar surface area (TPSA) is 34.1 Å². The van der Waals surface area contributed by atoms with Gasteiger partial charge in [0, 0.05) is 12.0 Å². The molecule has 1 aliphatic carbocycles. The summed E-state index contributed by atoms with van der Waals surface area (Å²) in [5, 5.41) is 0. The summed E-state index contributed by atoms with van der Waals surface area (Å²) in [6, 6.07) is 16.6. The van der Waals surface area contributed by atoms with Gasteiger partial charge in [0.1, 0.15) is 5.78 Å². The SMILES string of the molecule is CCCC1CCC(c2ccc(-c3ccc(C(=O)CC(=O)CC)cc3)cc2)CC1. The van der Waals surface area contributed by atoms with E-state index in [4.69, 9.17) is 0 Å². The van der Waals surface area contributed by atoms with Crippen molar-refractivity contribution >= 4 is 11.6 Å². The quantitative estimate of drug-likeness (QED) is 0.368. The van der Waals surface area contributed by atoms with Crippen molar-refractivity contribution < 1.29 is 9.59 Å². The maximum Gasteiger partial charge on any atom is 0.170 e. The van der Waals surface area contributed by atoms with Crippen LogP contribution in [0.2, 0.25) is 0 Å². The monoisotopic (exact) mass is 376 g/mol. The van der Waals surface area contributed by atoms with Gasteiger partial charge in [-0.3, -0.25) is 9.59 Å². The average molecular weight is 377 g/mol. The third kappa shape index (κ3) is 5.19. The van der Waals surface area contributed by atoms with Gasteiger partial charge in [0.2, 0.25) is 0 Å². The van der Waals surface area contributed by atoms with Gasteiger partial charge in [-0.1, -0.05) is 75.2 Å². The molecule has 2 aromatic carbocycles. The summed E-state index contributed by atoms with van der Waals surface area (Å²) < 4.78 is 0. The van der Waals surface area contributed by atoms with E-state index in [1.54, 1.807) is 6.92 Å². The van der Waals surface area contributed by atoms with Crippen LogP contribution in [0.3, 0.4) is 0 Å². The van der Waals surface area contributed by atoms with E-state index in [0.29, 0.717) is 17.9 Å². The molecule has 0 aromatic heterocycles. The molecule has 0 atom stereocenters. The van der Waals surface area contributed by atoms with E-state index in [1.807, 2.05) is 24.3 Å². The molecule has 2 nitrogen and oxygen atoms in total. The van der Waals surface area contributed by atoms with Gasteiger partial charge in [0.25, 0.3) is 0 Å². The van der Waals surface area contributed by atoms with E-state index in [0.717, 1.165) is 11.5 Å². The van der Waals surface area contributed by atoms with Gasteiger partial charge in [-0.25, -0.2) is 0 Å². The molecular formula is C26H32O2. The molecule has 148 valence electrons. The van der Waals surface area contributed by atoms with E-state index < -0.39 is 0 Å². The Hall–Kier alpha value is -2.22. The van der Waals surface area contributed by atoms with E-state index in [-0.39, 0.29) is 18.0 Å². The fraction of sp³-hybridized carbons (Fsp3) is 0.462. The zero-order valence-electron chi connectivity index (χ0n) is 17.2. The highest BCUT2D eigenvalue weighted by molar-refractivity contribution is 6.08. The first-order chi connectivity index (χ1) is 13.6. The number of hydrogen-bond acceptors (Lipinski definition) is 2. The Balaban J connectivity index is 1.62. The van der Waals surface area contributed by atoms with Gasteiger partial charge >= 0.3 is 0 Å². The summed E-state index contributed by atoms with van der Waals surface area (Å²) in [6.45, 7) is 4.08. The van der Waals surface area contributed by atoms with Crippen LogP contribution >= 0.6 is 0 Å². The van der Waals surface area contributed by atoms with Gasteiger partial charge in [-0.05, 0) is 54.2 Å². The third-order valence-corrected chi connectivity index (χ3v) is 6.22. The van der Waals surface area contributed by atoms with E-state index in [9.17, 15) is 9.59 Å². The summed E-state index contributed by atoms with van der Waals surface area (Å²) in [7, 11) is 0. The predicted octanol–water partition coefficient (Wildman–Crippen LogP) is 6.98. The predicted molar refractivity (Wildman–Crippen MR) is 116 cm³/mol. The van der Waals surface area contributed by atoms with Crippen LogP contribution in [-0.2, 0) is 4.79 Å². The summed E-state index contributed by atoms with van der Waals surface area (Å²) in [5.41, 5.74) is 4.36. The third-order valence-electron chi connectivity index (χ3n) is 6.22. The maximum atomic E-state index is 12.1. The molecular weight excluding hydrogens is 344 g/mol. The number of carbonyl (C=O) groups is 2. The summed E-state index contributed by atoms with van der Waals surface area (Å²) in [5.74, 6) is 1.55. The van der Waals surface area contributed by atoms with E-state index >= 15 is 0 Å². The summed E-state index contributed by atoms with van der Waals surface area (Å²) in [6.07, 6.45) is 8.49. The highest BCUT2D eigenvalue weighted by atomic mass is 16.1. The normalized spacial score (nSPS) is 19.4. The minimum absolute atomic E-state index is 0.00501. The van der Waals surface area contributed by atoms with Gasteiger partial charge in [-0.15, -0.1) is 0 Å². The van der Waals surface area contributed by atoms with Crippen LogP contribution in [0.15, 0.2) is 48.5 Å². The lowest BCUT2D eigenvalue weighted by Gasteiger charge is -2.28. The van der Waals surface area contributed by atoms with Crippen LogP contribution in [0.1, 0.15) is 87.1 Å². The van der Waals surface area contributed by atoms with Gasteiger partial charge < -0.3 is 0 Å². The molecule has 0 spiro atoms. The summed E-state index contributed by atoms with van der Waals surface area (Å²) >= 11 is 0. The minimum atomic E-state index is -0.0903.